The van der Waals surface area contributed by atoms with E-state index in [0.29, 0.717) is 46.9 Å². The number of methoxy groups -OCH3 is 1. The molecule has 35 heavy (non-hydrogen) atoms. The number of hydrogen-bond donors (Lipinski definition) is 2. The molecule has 1 amide bonds. The molecule has 1 aromatic carbocycles. The van der Waals surface area contributed by atoms with Crippen LogP contribution in [0, 0.1) is 11.3 Å². The Morgan fingerprint density at radius 2 is 2.14 bits per heavy atom. The summed E-state index contributed by atoms with van der Waals surface area (Å²) in [5.41, 5.74) is 0.870. The monoisotopic (exact) mass is 499 g/mol. The summed E-state index contributed by atoms with van der Waals surface area (Å²) in [6.07, 6.45) is 1.59. The fourth-order valence-electron chi connectivity index (χ4n) is 3.23. The number of rotatable bonds is 10. The Bertz CT molecular complexity index is 1320. The highest BCUT2D eigenvalue weighted by Crippen LogP contribution is 2.20. The van der Waals surface area contributed by atoms with Crippen molar-refractivity contribution in [1.29, 1.82) is 5.26 Å². The number of anilines is 2. The quantitative estimate of drug-likeness (QED) is 0.471. The number of carbonyl (C=O) groups excluding carboxylic acids is 1. The van der Waals surface area contributed by atoms with Crippen LogP contribution in [0.4, 0.5) is 11.4 Å². The van der Waals surface area contributed by atoms with Crippen LogP contribution in [-0.4, -0.2) is 55.4 Å². The zero-order chi connectivity index (χ0) is 25.4. The molecule has 0 saturated carbocycles. The van der Waals surface area contributed by atoms with Crippen molar-refractivity contribution in [3.05, 3.63) is 43.8 Å². The SMILES string of the molecule is CCn1c(=C(C#N)C2=NC(C)(C)CO2)sc(=CNc2cccc(NC(=O)COCCOC)c2)c1=O. The van der Waals surface area contributed by atoms with Gasteiger partial charge < -0.3 is 24.8 Å². The van der Waals surface area contributed by atoms with Gasteiger partial charge in [-0.15, -0.1) is 11.3 Å². The molecule has 0 bridgehead atoms. The third-order valence-corrected chi connectivity index (χ3v) is 6.04. The molecule has 0 radical (unpaired) electrons. The van der Waals surface area contributed by atoms with Crippen LogP contribution < -0.4 is 25.4 Å². The first-order valence-corrected chi connectivity index (χ1v) is 11.9. The molecule has 2 N–H and O–H groups in total. The number of ether oxygens (including phenoxy) is 3. The fraction of sp³-hybridized carbons (Fsp3) is 0.417. The Morgan fingerprint density at radius 1 is 1.37 bits per heavy atom. The Labute approximate surface area is 207 Å². The minimum Gasteiger partial charge on any atom is -0.474 e. The summed E-state index contributed by atoms with van der Waals surface area (Å²) in [4.78, 5) is 29.5. The van der Waals surface area contributed by atoms with Gasteiger partial charge in [0.05, 0.1) is 18.8 Å². The summed E-state index contributed by atoms with van der Waals surface area (Å²) in [5.74, 6) is -0.0224. The number of aliphatic imine (C=N–C) groups is 1. The Hall–Kier alpha value is -3.46. The van der Waals surface area contributed by atoms with E-state index in [9.17, 15) is 14.9 Å². The summed E-state index contributed by atoms with van der Waals surface area (Å²) >= 11 is 1.19. The topological polar surface area (TPSA) is 127 Å². The second-order valence-corrected chi connectivity index (χ2v) is 9.32. The van der Waals surface area contributed by atoms with Gasteiger partial charge in [-0.05, 0) is 39.0 Å². The summed E-state index contributed by atoms with van der Waals surface area (Å²) in [6, 6.07) is 9.24. The zero-order valence-electron chi connectivity index (χ0n) is 20.2. The van der Waals surface area contributed by atoms with E-state index in [0.717, 1.165) is 0 Å². The van der Waals surface area contributed by atoms with Gasteiger partial charge in [-0.3, -0.25) is 14.2 Å². The molecule has 2 aromatic rings. The van der Waals surface area contributed by atoms with Crippen molar-refractivity contribution < 1.29 is 19.0 Å². The van der Waals surface area contributed by atoms with Crippen molar-refractivity contribution in [3.63, 3.8) is 0 Å². The summed E-state index contributed by atoms with van der Waals surface area (Å²) < 4.78 is 18.2. The van der Waals surface area contributed by atoms with Gasteiger partial charge in [-0.25, -0.2) is 4.99 Å². The van der Waals surface area contributed by atoms with Gasteiger partial charge in [0.25, 0.3) is 5.56 Å². The standard InChI is InChI=1S/C24H29N5O5S/c1-5-29-22(31)19(35-23(29)18(12-25)21-28-24(2,3)15-34-21)13-26-16-7-6-8-17(11-16)27-20(30)14-33-10-9-32-4/h6-8,11,13,26H,5,9-10,14-15H2,1-4H3,(H,27,30). The minimum absolute atomic E-state index is 0.0778. The maximum atomic E-state index is 13.0. The maximum absolute atomic E-state index is 13.0. The average molecular weight is 500 g/mol. The Balaban J connectivity index is 1.84. The number of benzene rings is 1. The third kappa shape index (κ3) is 6.79. The number of nitrogens with one attached hydrogen (secondary N) is 2. The normalized spacial score (nSPS) is 15.7. The van der Waals surface area contributed by atoms with Crippen LogP contribution in [0.5, 0.6) is 0 Å². The molecule has 1 aromatic heterocycles. The number of nitriles is 1. The molecule has 10 nitrogen and oxygen atoms in total. The number of aromatic nitrogens is 1. The van der Waals surface area contributed by atoms with Crippen molar-refractivity contribution in [3.8, 4) is 6.07 Å². The number of amides is 1. The van der Waals surface area contributed by atoms with Gasteiger partial charge >= 0.3 is 0 Å². The maximum Gasteiger partial charge on any atom is 0.270 e. The van der Waals surface area contributed by atoms with Crippen molar-refractivity contribution in [1.82, 2.24) is 4.57 Å². The molecule has 3 rings (SSSR count). The molecule has 11 heteroatoms. The highest BCUT2D eigenvalue weighted by molar-refractivity contribution is 7.07. The van der Waals surface area contributed by atoms with E-state index in [4.69, 9.17) is 14.2 Å². The number of thiazole rings is 1. The lowest BCUT2D eigenvalue weighted by Crippen LogP contribution is -2.32. The predicted molar refractivity (Wildman–Crippen MR) is 136 cm³/mol. The van der Waals surface area contributed by atoms with Gasteiger partial charge in [0.1, 0.15) is 34.1 Å². The van der Waals surface area contributed by atoms with Gasteiger partial charge in [0, 0.05) is 31.2 Å². The molecule has 186 valence electrons. The van der Waals surface area contributed by atoms with Crippen molar-refractivity contribution in [2.24, 2.45) is 4.99 Å². The van der Waals surface area contributed by atoms with E-state index in [2.05, 4.69) is 21.7 Å². The van der Waals surface area contributed by atoms with Crippen molar-refractivity contribution >= 4 is 46.3 Å². The Morgan fingerprint density at radius 3 is 2.80 bits per heavy atom. The highest BCUT2D eigenvalue weighted by atomic mass is 32.1. The van der Waals surface area contributed by atoms with Crippen LogP contribution in [0.3, 0.4) is 0 Å². The number of hydrogen-bond acceptors (Lipinski definition) is 9. The lowest BCUT2D eigenvalue weighted by atomic mass is 10.1. The molecule has 0 aliphatic carbocycles. The molecular weight excluding hydrogens is 470 g/mol. The van der Waals surface area contributed by atoms with E-state index in [1.165, 1.54) is 15.9 Å². The second kappa shape index (κ2) is 11.8. The van der Waals surface area contributed by atoms with Crippen LogP contribution in [-0.2, 0) is 25.5 Å². The van der Waals surface area contributed by atoms with Crippen molar-refractivity contribution in [2.75, 3.05) is 44.2 Å². The zero-order valence-corrected chi connectivity index (χ0v) is 21.0. The molecule has 0 unspecified atom stereocenters. The van der Waals surface area contributed by atoms with E-state index < -0.39 is 5.54 Å². The average Bonchev–Trinajstić information content (AvgIpc) is 3.34. The first-order valence-electron chi connectivity index (χ1n) is 11.1. The third-order valence-electron chi connectivity index (χ3n) is 4.91. The largest absolute Gasteiger partial charge is 0.474 e. The fourth-order valence-corrected chi connectivity index (χ4v) is 4.31. The molecule has 2 heterocycles. The van der Waals surface area contributed by atoms with Gasteiger partial charge in [0.2, 0.25) is 11.8 Å². The summed E-state index contributed by atoms with van der Waals surface area (Å²) in [6.45, 7) is 7.13. The first kappa shape index (κ1) is 26.2. The van der Waals surface area contributed by atoms with E-state index in [1.54, 1.807) is 31.5 Å². The number of nitrogens with zero attached hydrogens (tertiary/aromatic N) is 3. The lowest BCUT2D eigenvalue weighted by Gasteiger charge is -2.08. The Kier molecular flexibility index (Phi) is 8.81. The van der Waals surface area contributed by atoms with E-state index in [1.807, 2.05) is 26.8 Å². The second-order valence-electron chi connectivity index (χ2n) is 8.29. The van der Waals surface area contributed by atoms with Crippen LogP contribution in [0.15, 0.2) is 34.1 Å². The predicted octanol–water partition coefficient (Wildman–Crippen LogP) is 1.26. The summed E-state index contributed by atoms with van der Waals surface area (Å²) in [5, 5.41) is 15.7. The highest BCUT2D eigenvalue weighted by Gasteiger charge is 2.29. The van der Waals surface area contributed by atoms with Crippen molar-refractivity contribution in [2.45, 2.75) is 32.9 Å². The molecule has 0 fully saturated rings. The van der Waals surface area contributed by atoms with E-state index >= 15 is 0 Å². The van der Waals surface area contributed by atoms with Gasteiger partial charge in [0.15, 0.2) is 0 Å². The van der Waals surface area contributed by atoms with E-state index in [-0.39, 0.29) is 29.5 Å². The van der Waals surface area contributed by atoms with Crippen LogP contribution in [0.25, 0.3) is 11.8 Å². The molecule has 0 saturated heterocycles. The molecule has 0 spiro atoms. The molecule has 1 aliphatic heterocycles. The van der Waals surface area contributed by atoms with Crippen LogP contribution in [0.1, 0.15) is 20.8 Å². The minimum atomic E-state index is -0.418. The van der Waals surface area contributed by atoms with Crippen LogP contribution in [0.2, 0.25) is 0 Å². The van der Waals surface area contributed by atoms with Gasteiger partial charge in [-0.1, -0.05) is 6.07 Å². The lowest BCUT2D eigenvalue weighted by molar-refractivity contribution is -0.121. The summed E-state index contributed by atoms with van der Waals surface area (Å²) in [7, 11) is 1.56. The smallest absolute Gasteiger partial charge is 0.270 e. The molecule has 0 atom stereocenters. The van der Waals surface area contributed by atoms with Crippen LogP contribution >= 0.6 is 11.3 Å². The first-order chi connectivity index (χ1) is 16.8. The molecular formula is C24H29N5O5S. The number of carbonyl (C=O) groups is 1. The van der Waals surface area contributed by atoms with Gasteiger partial charge in [-0.2, -0.15) is 5.26 Å². The molecule has 1 aliphatic rings.